The van der Waals surface area contributed by atoms with Gasteiger partial charge in [-0.25, -0.2) is 12.7 Å². The number of thioether (sulfide) groups is 1. The van der Waals surface area contributed by atoms with Crippen LogP contribution in [0.3, 0.4) is 0 Å². The van der Waals surface area contributed by atoms with Gasteiger partial charge in [0.15, 0.2) is 5.16 Å². The predicted octanol–water partition coefficient (Wildman–Crippen LogP) is 1.16. The largest absolute Gasteiger partial charge is 0.497 e. The minimum atomic E-state index is -3.18. The highest BCUT2D eigenvalue weighted by Crippen LogP contribution is 2.21. The Balaban J connectivity index is 1.78. The van der Waals surface area contributed by atoms with Gasteiger partial charge in [-0.05, 0) is 37.6 Å². The van der Waals surface area contributed by atoms with Gasteiger partial charge in [-0.2, -0.15) is 0 Å². The van der Waals surface area contributed by atoms with Crippen LogP contribution in [0.1, 0.15) is 13.3 Å². The molecule has 9 nitrogen and oxygen atoms in total. The van der Waals surface area contributed by atoms with Crippen molar-refractivity contribution >= 4 is 27.7 Å². The van der Waals surface area contributed by atoms with Gasteiger partial charge in [0.05, 0.1) is 18.6 Å². The Morgan fingerprint density at radius 1 is 1.32 bits per heavy atom. The normalized spacial score (nSPS) is 11.6. The smallest absolute Gasteiger partial charge is 0.230 e. The van der Waals surface area contributed by atoms with Crippen LogP contribution in [-0.2, 0) is 14.8 Å². The summed E-state index contributed by atoms with van der Waals surface area (Å²) in [5.41, 5.74) is 0.869. The fourth-order valence-electron chi connectivity index (χ4n) is 2.31. The Kier molecular flexibility index (Phi) is 8.27. The van der Waals surface area contributed by atoms with Crippen LogP contribution in [0.5, 0.6) is 5.75 Å². The average Bonchev–Trinajstić information content (AvgIpc) is 3.18. The van der Waals surface area contributed by atoms with Gasteiger partial charge in [0.1, 0.15) is 12.1 Å². The maximum atomic E-state index is 12.0. The molecule has 0 fully saturated rings. The highest BCUT2D eigenvalue weighted by Gasteiger charge is 2.14. The molecule has 2 aromatic rings. The van der Waals surface area contributed by atoms with E-state index >= 15 is 0 Å². The van der Waals surface area contributed by atoms with Crippen LogP contribution in [0.25, 0.3) is 5.69 Å². The number of nitrogens with zero attached hydrogens (tertiary/aromatic N) is 4. The van der Waals surface area contributed by atoms with Gasteiger partial charge in [0.25, 0.3) is 0 Å². The van der Waals surface area contributed by atoms with E-state index in [4.69, 9.17) is 4.74 Å². The van der Waals surface area contributed by atoms with E-state index in [9.17, 15) is 13.2 Å². The third kappa shape index (κ3) is 6.21. The van der Waals surface area contributed by atoms with Crippen molar-refractivity contribution in [2.45, 2.75) is 18.5 Å². The number of aromatic nitrogens is 3. The molecule has 0 saturated carbocycles. The molecule has 0 aliphatic heterocycles. The van der Waals surface area contributed by atoms with Crippen LogP contribution in [0.4, 0.5) is 0 Å². The lowest BCUT2D eigenvalue weighted by molar-refractivity contribution is -0.118. The summed E-state index contributed by atoms with van der Waals surface area (Å²) in [6.45, 7) is 2.39. The van der Waals surface area contributed by atoms with Gasteiger partial charge in [-0.15, -0.1) is 10.2 Å². The molecule has 1 amide bonds. The molecule has 0 aliphatic rings. The molecule has 1 N–H and O–H groups in total. The highest BCUT2D eigenvalue weighted by molar-refractivity contribution is 7.99. The number of nitrogens with one attached hydrogen (secondary N) is 1. The molecule has 0 aliphatic carbocycles. The van der Waals surface area contributed by atoms with Gasteiger partial charge in [0.2, 0.25) is 15.9 Å². The average molecular weight is 428 g/mol. The molecule has 1 aromatic carbocycles. The number of hydrogen-bond acceptors (Lipinski definition) is 7. The van der Waals surface area contributed by atoms with E-state index in [0.717, 1.165) is 11.4 Å². The third-order valence-corrected chi connectivity index (χ3v) is 6.82. The summed E-state index contributed by atoms with van der Waals surface area (Å²) in [4.78, 5) is 12.0. The number of carbonyl (C=O) groups excluding carboxylic acids is 1. The number of rotatable bonds is 11. The van der Waals surface area contributed by atoms with Crippen LogP contribution < -0.4 is 10.1 Å². The van der Waals surface area contributed by atoms with Crippen molar-refractivity contribution in [1.82, 2.24) is 24.4 Å². The molecular formula is C17H25N5O4S2. The summed E-state index contributed by atoms with van der Waals surface area (Å²) in [6.07, 6.45) is 2.14. The third-order valence-electron chi connectivity index (χ3n) is 4.01. The second kappa shape index (κ2) is 10.4. The van der Waals surface area contributed by atoms with E-state index in [1.165, 1.54) is 16.1 Å². The zero-order chi connectivity index (χ0) is 20.6. The maximum absolute atomic E-state index is 12.0. The molecule has 0 radical (unpaired) electrons. The van der Waals surface area contributed by atoms with Crippen molar-refractivity contribution in [2.75, 3.05) is 38.8 Å². The highest BCUT2D eigenvalue weighted by atomic mass is 32.2. The monoisotopic (exact) mass is 427 g/mol. The van der Waals surface area contributed by atoms with Crippen molar-refractivity contribution in [3.63, 3.8) is 0 Å². The van der Waals surface area contributed by atoms with E-state index in [1.807, 2.05) is 24.3 Å². The van der Waals surface area contributed by atoms with E-state index in [2.05, 4.69) is 15.5 Å². The fraction of sp³-hybridized carbons (Fsp3) is 0.471. The van der Waals surface area contributed by atoms with Gasteiger partial charge >= 0.3 is 0 Å². The summed E-state index contributed by atoms with van der Waals surface area (Å²) in [6, 6.07) is 7.44. The number of carbonyl (C=O) groups is 1. The predicted molar refractivity (Wildman–Crippen MR) is 108 cm³/mol. The molecule has 0 spiro atoms. The standard InChI is InChI=1S/C17H25N5O4S2/c1-4-28(24,25)21(2)11-5-10-18-16(23)12-27-17-20-19-13-22(17)14-6-8-15(26-3)9-7-14/h6-9,13H,4-5,10-12H2,1-3H3,(H,18,23). The quantitative estimate of drug-likeness (QED) is 0.424. The van der Waals surface area contributed by atoms with Crippen molar-refractivity contribution in [2.24, 2.45) is 0 Å². The minimum absolute atomic E-state index is 0.0708. The van der Waals surface area contributed by atoms with Gasteiger partial charge in [0, 0.05) is 25.8 Å². The molecule has 2 rings (SSSR count). The summed E-state index contributed by atoms with van der Waals surface area (Å²) < 4.78 is 31.6. The van der Waals surface area contributed by atoms with E-state index in [1.54, 1.807) is 32.0 Å². The Morgan fingerprint density at radius 2 is 2.04 bits per heavy atom. The van der Waals surface area contributed by atoms with Gasteiger partial charge < -0.3 is 10.1 Å². The number of ether oxygens (including phenoxy) is 1. The van der Waals surface area contributed by atoms with Crippen LogP contribution >= 0.6 is 11.8 Å². The fourth-order valence-corrected chi connectivity index (χ4v) is 3.92. The number of amides is 1. The molecule has 11 heteroatoms. The summed E-state index contributed by atoms with van der Waals surface area (Å²) >= 11 is 1.28. The lowest BCUT2D eigenvalue weighted by Gasteiger charge is -2.15. The van der Waals surface area contributed by atoms with Crippen molar-refractivity contribution in [3.05, 3.63) is 30.6 Å². The topological polar surface area (TPSA) is 106 Å². The van der Waals surface area contributed by atoms with Crippen molar-refractivity contribution in [1.29, 1.82) is 0 Å². The number of hydrogen-bond donors (Lipinski definition) is 1. The first kappa shape index (κ1) is 22.2. The van der Waals surface area contributed by atoms with E-state index < -0.39 is 10.0 Å². The number of benzene rings is 1. The molecule has 28 heavy (non-hydrogen) atoms. The van der Waals surface area contributed by atoms with Crippen molar-refractivity contribution in [3.8, 4) is 11.4 Å². The molecule has 0 saturated heterocycles. The van der Waals surface area contributed by atoms with Crippen LogP contribution in [0, 0.1) is 0 Å². The number of sulfonamides is 1. The minimum Gasteiger partial charge on any atom is -0.497 e. The maximum Gasteiger partial charge on any atom is 0.230 e. The zero-order valence-electron chi connectivity index (χ0n) is 16.2. The second-order valence-corrected chi connectivity index (χ2v) is 9.20. The first-order valence-corrected chi connectivity index (χ1v) is 11.3. The number of methoxy groups -OCH3 is 1. The Hall–Kier alpha value is -2.11. The Bertz CT molecular complexity index is 868. The lowest BCUT2D eigenvalue weighted by Crippen LogP contribution is -2.32. The first-order chi connectivity index (χ1) is 13.4. The molecule has 1 heterocycles. The van der Waals surface area contributed by atoms with Crippen LogP contribution in [0.2, 0.25) is 0 Å². The summed E-state index contributed by atoms with van der Waals surface area (Å²) in [7, 11) is -0.0340. The molecular weight excluding hydrogens is 402 g/mol. The molecule has 0 unspecified atom stereocenters. The van der Waals surface area contributed by atoms with Gasteiger partial charge in [-0.1, -0.05) is 11.8 Å². The second-order valence-electron chi connectivity index (χ2n) is 5.90. The SMILES string of the molecule is CCS(=O)(=O)N(C)CCCNC(=O)CSc1nncn1-c1ccc(OC)cc1. The Labute approximate surface area is 169 Å². The summed E-state index contributed by atoms with van der Waals surface area (Å²) in [5.74, 6) is 0.873. The molecule has 0 bridgehead atoms. The van der Waals surface area contributed by atoms with Crippen LogP contribution in [-0.4, -0.2) is 72.1 Å². The van der Waals surface area contributed by atoms with E-state index in [-0.39, 0.29) is 17.4 Å². The molecule has 154 valence electrons. The zero-order valence-corrected chi connectivity index (χ0v) is 17.8. The summed E-state index contributed by atoms with van der Waals surface area (Å²) in [5, 5.41) is 11.4. The lowest BCUT2D eigenvalue weighted by atomic mass is 10.3. The Morgan fingerprint density at radius 3 is 2.68 bits per heavy atom. The molecule has 1 aromatic heterocycles. The van der Waals surface area contributed by atoms with Gasteiger partial charge in [-0.3, -0.25) is 9.36 Å². The van der Waals surface area contributed by atoms with Crippen LogP contribution in [0.15, 0.2) is 35.7 Å². The molecule has 0 atom stereocenters. The van der Waals surface area contributed by atoms with E-state index in [0.29, 0.717) is 24.7 Å². The first-order valence-electron chi connectivity index (χ1n) is 8.75. The van der Waals surface area contributed by atoms with Crippen molar-refractivity contribution < 1.29 is 17.9 Å².